The fourth-order valence-electron chi connectivity index (χ4n) is 10.6. The SMILES string of the molecule is COC1C(=O)C(C)C[C@H](C)/C=C/C=C/C=C(\C)[C@@H](OC)C[C@@H]2CCC(C)C(O)(CC(=O)N3CCCCC3C(=O)O[C@H]([C@H](C)CC3CC[C@@H](OC(=O)N(C)OC)C(OC)C3)CC(=O)[C@H](C)/C=C(\C)[C@H]1O)O2. The van der Waals surface area contributed by atoms with Gasteiger partial charge in [-0.05, 0) is 107 Å². The number of Topliss-reactive ketones (excluding diaryl/α,β-unsaturated/α-hetero) is 2. The Bertz CT molecular complexity index is 1870. The molecule has 4 aliphatic rings. The van der Waals surface area contributed by atoms with E-state index in [0.717, 1.165) is 10.6 Å². The van der Waals surface area contributed by atoms with Crippen LogP contribution in [-0.2, 0) is 52.4 Å². The van der Waals surface area contributed by atoms with Crippen LogP contribution in [0.4, 0.5) is 4.79 Å². The molecule has 16 heteroatoms. The highest BCUT2D eigenvalue weighted by Crippen LogP contribution is 2.39. The Balaban J connectivity index is 1.67. The molecule has 1 saturated carbocycles. The quantitative estimate of drug-likeness (QED) is 0.137. The molecule has 396 valence electrons. The van der Waals surface area contributed by atoms with Gasteiger partial charge >= 0.3 is 12.1 Å². The van der Waals surface area contributed by atoms with E-state index in [9.17, 15) is 34.2 Å². The van der Waals surface area contributed by atoms with Gasteiger partial charge in [-0.3, -0.25) is 19.2 Å². The number of methoxy groups -OCH3 is 3. The van der Waals surface area contributed by atoms with E-state index >= 15 is 0 Å². The van der Waals surface area contributed by atoms with E-state index in [2.05, 4.69) is 0 Å². The third-order valence-corrected chi connectivity index (χ3v) is 15.3. The molecule has 0 aromatic heterocycles. The summed E-state index contributed by atoms with van der Waals surface area (Å²) in [4.78, 5) is 75.9. The summed E-state index contributed by atoms with van der Waals surface area (Å²) in [5, 5.41) is 24.6. The molecule has 7 unspecified atom stereocenters. The van der Waals surface area contributed by atoms with Gasteiger partial charge in [-0.2, -0.15) is 5.06 Å². The number of piperidine rings is 1. The molecule has 3 heterocycles. The Morgan fingerprint density at radius 2 is 1.61 bits per heavy atom. The molecule has 4 rings (SSSR count). The number of hydrogen-bond donors (Lipinski definition) is 2. The number of amides is 2. The lowest BCUT2D eigenvalue weighted by molar-refractivity contribution is -0.284. The molecular weight excluding hydrogens is 901 g/mol. The molecule has 0 aromatic rings. The highest BCUT2D eigenvalue weighted by atomic mass is 16.7. The van der Waals surface area contributed by atoms with Crippen LogP contribution in [0.15, 0.2) is 47.6 Å². The van der Waals surface area contributed by atoms with Gasteiger partial charge in [0, 0.05) is 65.5 Å². The van der Waals surface area contributed by atoms with Crippen LogP contribution in [0.5, 0.6) is 0 Å². The summed E-state index contributed by atoms with van der Waals surface area (Å²) in [5.41, 5.74) is 1.36. The van der Waals surface area contributed by atoms with Crippen molar-refractivity contribution in [3.8, 4) is 0 Å². The molecule has 1 aliphatic carbocycles. The normalized spacial score (nSPS) is 38.2. The van der Waals surface area contributed by atoms with Crippen molar-refractivity contribution >= 4 is 29.5 Å². The van der Waals surface area contributed by atoms with Crippen LogP contribution in [-0.4, -0.2) is 146 Å². The number of rotatable bonds is 8. The first-order chi connectivity index (χ1) is 33.2. The molecular formula is C54H86N2O14. The summed E-state index contributed by atoms with van der Waals surface area (Å²) < 4.78 is 35.8. The Kier molecular flexibility index (Phi) is 23.4. The van der Waals surface area contributed by atoms with Gasteiger partial charge in [0.1, 0.15) is 36.2 Å². The summed E-state index contributed by atoms with van der Waals surface area (Å²) in [7, 11) is 7.43. The van der Waals surface area contributed by atoms with Crippen molar-refractivity contribution in [1.82, 2.24) is 9.96 Å². The van der Waals surface area contributed by atoms with Crippen molar-refractivity contribution < 1.29 is 67.4 Å². The Labute approximate surface area is 417 Å². The first-order valence-corrected chi connectivity index (χ1v) is 25.6. The smallest absolute Gasteiger partial charge is 0.434 e. The zero-order chi connectivity index (χ0) is 51.9. The molecule has 0 radical (unpaired) electrons. The van der Waals surface area contributed by atoms with Gasteiger partial charge < -0.3 is 43.5 Å². The highest BCUT2D eigenvalue weighted by Gasteiger charge is 2.47. The first kappa shape index (κ1) is 58.8. The summed E-state index contributed by atoms with van der Waals surface area (Å²) in [6.07, 6.45) is 11.7. The molecule has 2 N–H and O–H groups in total. The Morgan fingerprint density at radius 3 is 2.29 bits per heavy atom. The number of ether oxygens (including phenoxy) is 6. The van der Waals surface area contributed by atoms with E-state index in [1.165, 1.54) is 26.2 Å². The molecule has 3 aliphatic heterocycles. The minimum Gasteiger partial charge on any atom is -0.460 e. The number of fused-ring (bicyclic) bond motifs is 3. The number of esters is 1. The van der Waals surface area contributed by atoms with Crippen LogP contribution in [0, 0.1) is 35.5 Å². The number of ketones is 2. The maximum atomic E-state index is 14.5. The van der Waals surface area contributed by atoms with Gasteiger partial charge in [0.05, 0.1) is 31.8 Å². The molecule has 3 fully saturated rings. The minimum atomic E-state index is -1.77. The molecule has 15 atom stereocenters. The molecule has 0 aromatic carbocycles. The lowest BCUT2D eigenvalue weighted by Crippen LogP contribution is -2.55. The number of carbonyl (C=O) groups is 5. The monoisotopic (exact) mass is 987 g/mol. The van der Waals surface area contributed by atoms with Crippen LogP contribution in [0.2, 0.25) is 0 Å². The number of cyclic esters (lactones) is 1. The second kappa shape index (κ2) is 27.9. The van der Waals surface area contributed by atoms with Crippen molar-refractivity contribution in [2.75, 3.05) is 42.0 Å². The minimum absolute atomic E-state index is 0.0338. The topological polar surface area (TPSA) is 197 Å². The molecule has 2 saturated heterocycles. The van der Waals surface area contributed by atoms with E-state index in [4.69, 9.17) is 33.3 Å². The number of hydroxylamine groups is 2. The lowest BCUT2D eigenvalue weighted by atomic mass is 9.78. The molecule has 0 spiro atoms. The lowest BCUT2D eigenvalue weighted by Gasteiger charge is -2.44. The fraction of sp³-hybridized carbons (Fsp3) is 0.759. The van der Waals surface area contributed by atoms with Gasteiger partial charge in [-0.15, -0.1) is 0 Å². The van der Waals surface area contributed by atoms with Crippen LogP contribution in [0.3, 0.4) is 0 Å². The zero-order valence-electron chi connectivity index (χ0n) is 44.1. The van der Waals surface area contributed by atoms with Crippen molar-refractivity contribution in [1.29, 1.82) is 0 Å². The van der Waals surface area contributed by atoms with Crippen molar-refractivity contribution in [2.45, 2.75) is 186 Å². The van der Waals surface area contributed by atoms with E-state index in [1.807, 2.05) is 65.0 Å². The Morgan fingerprint density at radius 1 is 0.886 bits per heavy atom. The van der Waals surface area contributed by atoms with Gasteiger partial charge in [0.15, 0.2) is 11.6 Å². The molecule has 16 nitrogen and oxygen atoms in total. The highest BCUT2D eigenvalue weighted by molar-refractivity contribution is 5.87. The number of nitrogens with zero attached hydrogens (tertiary/aromatic N) is 2. The first-order valence-electron chi connectivity index (χ1n) is 25.6. The second-order valence-electron chi connectivity index (χ2n) is 20.7. The number of carbonyl (C=O) groups excluding carboxylic acids is 5. The van der Waals surface area contributed by atoms with E-state index < -0.39 is 78.3 Å². The maximum absolute atomic E-state index is 14.5. The summed E-state index contributed by atoms with van der Waals surface area (Å²) in [6, 6.07) is -0.939. The van der Waals surface area contributed by atoms with Crippen LogP contribution < -0.4 is 0 Å². The largest absolute Gasteiger partial charge is 0.460 e. The van der Waals surface area contributed by atoms with Gasteiger partial charge in [0.25, 0.3) is 0 Å². The van der Waals surface area contributed by atoms with Gasteiger partial charge in [-0.25, -0.2) is 9.59 Å². The number of aliphatic hydroxyl groups is 2. The van der Waals surface area contributed by atoms with E-state index in [1.54, 1.807) is 34.1 Å². The van der Waals surface area contributed by atoms with Crippen molar-refractivity contribution in [3.63, 3.8) is 0 Å². The number of hydrogen-bond acceptors (Lipinski definition) is 14. The van der Waals surface area contributed by atoms with E-state index in [-0.39, 0.29) is 54.2 Å². The van der Waals surface area contributed by atoms with Crippen LogP contribution >= 0.6 is 0 Å². The number of allylic oxidation sites excluding steroid dienone is 6. The average Bonchev–Trinajstić information content (AvgIpc) is 3.33. The third kappa shape index (κ3) is 16.4. The van der Waals surface area contributed by atoms with Crippen LogP contribution in [0.1, 0.15) is 132 Å². The van der Waals surface area contributed by atoms with Gasteiger partial charge in [0.2, 0.25) is 5.91 Å². The van der Waals surface area contributed by atoms with Gasteiger partial charge in [-0.1, -0.05) is 71.1 Å². The molecule has 2 bridgehead atoms. The second-order valence-corrected chi connectivity index (χ2v) is 20.7. The summed E-state index contributed by atoms with van der Waals surface area (Å²) in [5.74, 6) is -5.04. The number of aliphatic hydroxyl groups excluding tert-OH is 1. The van der Waals surface area contributed by atoms with Crippen LogP contribution in [0.25, 0.3) is 0 Å². The maximum Gasteiger partial charge on any atom is 0.434 e. The average molecular weight is 987 g/mol. The van der Waals surface area contributed by atoms with Crippen molar-refractivity contribution in [2.24, 2.45) is 35.5 Å². The summed E-state index contributed by atoms with van der Waals surface area (Å²) >= 11 is 0. The van der Waals surface area contributed by atoms with Crippen molar-refractivity contribution in [3.05, 3.63) is 47.6 Å². The fourth-order valence-corrected chi connectivity index (χ4v) is 10.6. The molecule has 70 heavy (non-hydrogen) atoms. The predicted molar refractivity (Wildman–Crippen MR) is 264 cm³/mol. The molecule has 2 amide bonds. The third-order valence-electron chi connectivity index (χ3n) is 15.3. The standard InChI is InChI=1S/C54H86N2O14/c1-33-18-14-13-15-19-34(2)45(64-9)30-41-23-21-39(7)54(63,70-41)32-48(58)56-25-17-16-20-42(56)52(61)68-46(31-43(57)35(3)27-38(6)50(60)51(66-11)49(59)37(5)26-33)36(4)28-40-22-24-44(47(29-40)65-10)69-53(62)55(8)67-12/h13-15,18-19,27,33,35-37,39-42,44-47,50-51,60,63H,16-17,20-26,28-32H2,1-12H3/b15-13+,18-14+,34-19+,38-27+/t33-,35-,36-,37?,39?,40?,41+,42?,44-,45+,46+,47?,50-,51?,54?/m1/s1. The predicted octanol–water partition coefficient (Wildman–Crippen LogP) is 7.64. The zero-order valence-corrected chi connectivity index (χ0v) is 44.1. The summed E-state index contributed by atoms with van der Waals surface area (Å²) in [6.45, 7) is 13.3. The Hall–Kier alpha value is -3.77. The van der Waals surface area contributed by atoms with E-state index in [0.29, 0.717) is 82.7 Å².